The summed E-state index contributed by atoms with van der Waals surface area (Å²) >= 11 is 0. The van der Waals surface area contributed by atoms with Gasteiger partial charge in [-0.1, -0.05) is 12.7 Å². The van der Waals surface area contributed by atoms with Crippen LogP contribution < -0.4 is 10.4 Å². The smallest absolute Gasteiger partial charge is 0.348 e. The molecule has 6 nitrogen and oxygen atoms in total. The second-order valence-electron chi connectivity index (χ2n) is 5.29. The van der Waals surface area contributed by atoms with E-state index in [1.54, 1.807) is 24.3 Å². The highest BCUT2D eigenvalue weighted by molar-refractivity contribution is 6.13. The maximum Gasteiger partial charge on any atom is 0.348 e. The van der Waals surface area contributed by atoms with Gasteiger partial charge in [0.15, 0.2) is 17.1 Å². The van der Waals surface area contributed by atoms with Crippen LogP contribution in [-0.4, -0.2) is 16.8 Å². The van der Waals surface area contributed by atoms with Gasteiger partial charge in [-0.25, -0.2) is 4.79 Å². The molecule has 0 spiro atoms. The summed E-state index contributed by atoms with van der Waals surface area (Å²) in [6.45, 7) is 3.91. The normalized spacial score (nSPS) is 11.3. The van der Waals surface area contributed by atoms with Gasteiger partial charge in [-0.3, -0.25) is 0 Å². The van der Waals surface area contributed by atoms with Crippen LogP contribution in [0, 0.1) is 0 Å². The second-order valence-corrected chi connectivity index (χ2v) is 5.29. The monoisotopic (exact) mass is 324 g/mol. The minimum absolute atomic E-state index is 0.215. The van der Waals surface area contributed by atoms with Crippen molar-refractivity contribution < 1.29 is 23.8 Å². The number of benzene rings is 2. The first kappa shape index (κ1) is 14.2. The zero-order valence-corrected chi connectivity index (χ0v) is 12.4. The van der Waals surface area contributed by atoms with Crippen molar-refractivity contribution >= 4 is 32.9 Å². The van der Waals surface area contributed by atoms with Crippen LogP contribution in [0.3, 0.4) is 0 Å². The Hall–Kier alpha value is -3.41. The molecule has 24 heavy (non-hydrogen) atoms. The van der Waals surface area contributed by atoms with E-state index in [1.807, 2.05) is 0 Å². The number of ether oxygens (including phenoxy) is 1. The SMILES string of the molecule is C=CCOc1ccc2c(c1)oc(=O)c1c3cc(O)c(O)cc3oc21. The van der Waals surface area contributed by atoms with E-state index in [4.69, 9.17) is 13.6 Å². The van der Waals surface area contributed by atoms with Crippen LogP contribution in [-0.2, 0) is 0 Å². The van der Waals surface area contributed by atoms with Crippen molar-refractivity contribution in [2.45, 2.75) is 0 Å². The predicted octanol–water partition coefficient (Wildman–Crippen LogP) is 3.67. The molecule has 0 atom stereocenters. The van der Waals surface area contributed by atoms with Gasteiger partial charge in [-0.15, -0.1) is 0 Å². The minimum Gasteiger partial charge on any atom is -0.504 e. The van der Waals surface area contributed by atoms with E-state index in [2.05, 4.69) is 6.58 Å². The fourth-order valence-corrected chi connectivity index (χ4v) is 2.68. The number of hydrogen-bond acceptors (Lipinski definition) is 6. The molecule has 0 amide bonds. The lowest BCUT2D eigenvalue weighted by Crippen LogP contribution is -1.99. The Morgan fingerprint density at radius 3 is 2.58 bits per heavy atom. The van der Waals surface area contributed by atoms with Crippen molar-refractivity contribution in [1.29, 1.82) is 0 Å². The highest BCUT2D eigenvalue weighted by Gasteiger charge is 2.18. The van der Waals surface area contributed by atoms with E-state index >= 15 is 0 Å². The van der Waals surface area contributed by atoms with E-state index < -0.39 is 5.63 Å². The lowest BCUT2D eigenvalue weighted by molar-refractivity contribution is 0.363. The highest BCUT2D eigenvalue weighted by atomic mass is 16.5. The molecule has 2 N–H and O–H groups in total. The Bertz CT molecular complexity index is 1170. The fraction of sp³-hybridized carbons (Fsp3) is 0.0556. The first-order chi connectivity index (χ1) is 11.6. The summed E-state index contributed by atoms with van der Waals surface area (Å²) in [5, 5.41) is 20.5. The zero-order valence-electron chi connectivity index (χ0n) is 12.4. The van der Waals surface area contributed by atoms with Crippen LogP contribution in [0.15, 0.2) is 56.6 Å². The first-order valence-electron chi connectivity index (χ1n) is 7.17. The fourth-order valence-electron chi connectivity index (χ4n) is 2.68. The average molecular weight is 324 g/mol. The van der Waals surface area contributed by atoms with Gasteiger partial charge >= 0.3 is 5.63 Å². The number of phenolic OH excluding ortho intramolecular Hbond substituents is 2. The van der Waals surface area contributed by atoms with Crippen LogP contribution in [0.4, 0.5) is 0 Å². The summed E-state index contributed by atoms with van der Waals surface area (Å²) in [6.07, 6.45) is 1.61. The predicted molar refractivity (Wildman–Crippen MR) is 88.8 cm³/mol. The molecule has 0 saturated heterocycles. The van der Waals surface area contributed by atoms with Crippen molar-refractivity contribution in [3.05, 3.63) is 53.4 Å². The van der Waals surface area contributed by atoms with Crippen LogP contribution in [0.1, 0.15) is 0 Å². The number of furan rings is 1. The van der Waals surface area contributed by atoms with Gasteiger partial charge in [0.1, 0.15) is 28.9 Å². The van der Waals surface area contributed by atoms with Gasteiger partial charge in [0.2, 0.25) is 0 Å². The lowest BCUT2D eigenvalue weighted by atomic mass is 10.1. The van der Waals surface area contributed by atoms with Crippen molar-refractivity contribution in [1.82, 2.24) is 0 Å². The average Bonchev–Trinajstić information content (AvgIpc) is 2.92. The third-order valence-corrected chi connectivity index (χ3v) is 3.76. The number of phenols is 2. The molecule has 0 unspecified atom stereocenters. The molecule has 0 aliphatic carbocycles. The Morgan fingerprint density at radius 2 is 1.79 bits per heavy atom. The lowest BCUT2D eigenvalue weighted by Gasteiger charge is -2.04. The Labute approximate surface area is 134 Å². The molecule has 0 aliphatic heterocycles. The molecule has 2 aromatic heterocycles. The number of aromatic hydroxyl groups is 2. The van der Waals surface area contributed by atoms with E-state index in [9.17, 15) is 15.0 Å². The summed E-state index contributed by atoms with van der Waals surface area (Å²) < 4.78 is 16.5. The molecule has 120 valence electrons. The van der Waals surface area contributed by atoms with Crippen molar-refractivity contribution in [3.8, 4) is 17.2 Å². The molecule has 0 bridgehead atoms. The van der Waals surface area contributed by atoms with Gasteiger partial charge < -0.3 is 23.8 Å². The molecule has 0 fully saturated rings. The maximum atomic E-state index is 12.4. The quantitative estimate of drug-likeness (QED) is 0.339. The molecule has 0 aliphatic rings. The van der Waals surface area contributed by atoms with E-state index in [-0.39, 0.29) is 22.5 Å². The molecule has 2 aromatic carbocycles. The van der Waals surface area contributed by atoms with Crippen molar-refractivity contribution in [3.63, 3.8) is 0 Å². The third kappa shape index (κ3) is 2.00. The molecular formula is C18H12O6. The highest BCUT2D eigenvalue weighted by Crippen LogP contribution is 2.37. The van der Waals surface area contributed by atoms with Crippen LogP contribution >= 0.6 is 0 Å². The van der Waals surface area contributed by atoms with Gasteiger partial charge in [0, 0.05) is 17.5 Å². The maximum absolute atomic E-state index is 12.4. The molecule has 6 heteroatoms. The van der Waals surface area contributed by atoms with Crippen LogP contribution in [0.25, 0.3) is 32.9 Å². The topological polar surface area (TPSA) is 93.0 Å². The van der Waals surface area contributed by atoms with Crippen LogP contribution in [0.5, 0.6) is 17.2 Å². The Kier molecular flexibility index (Phi) is 2.99. The Balaban J connectivity index is 2.07. The van der Waals surface area contributed by atoms with E-state index in [0.717, 1.165) is 0 Å². The standard InChI is InChI=1S/C18H12O6/c1-2-5-22-9-3-4-10-14(6-9)24-18(21)16-11-7-12(19)13(20)8-15(11)23-17(10)16/h2-4,6-8,19-20H,1,5H2. The molecule has 0 saturated carbocycles. The summed E-state index contributed by atoms with van der Waals surface area (Å²) in [6, 6.07) is 7.59. The molecule has 4 rings (SSSR count). The van der Waals surface area contributed by atoms with Crippen molar-refractivity contribution in [2.24, 2.45) is 0 Å². The van der Waals surface area contributed by atoms with Gasteiger partial charge in [-0.05, 0) is 18.2 Å². The summed E-state index contributed by atoms with van der Waals surface area (Å²) in [5.41, 5.74) is 0.340. The first-order valence-corrected chi connectivity index (χ1v) is 7.17. The Morgan fingerprint density at radius 1 is 1.04 bits per heavy atom. The summed E-state index contributed by atoms with van der Waals surface area (Å²) in [7, 11) is 0. The third-order valence-electron chi connectivity index (χ3n) is 3.76. The van der Waals surface area contributed by atoms with Crippen molar-refractivity contribution in [2.75, 3.05) is 6.61 Å². The van der Waals surface area contributed by atoms with Gasteiger partial charge in [0.25, 0.3) is 0 Å². The number of hydrogen-bond donors (Lipinski definition) is 2. The molecule has 2 heterocycles. The van der Waals surface area contributed by atoms with Gasteiger partial charge in [0.05, 0.1) is 5.39 Å². The van der Waals surface area contributed by atoms with E-state index in [1.165, 1.54) is 12.1 Å². The second kappa shape index (κ2) is 5.06. The number of fused-ring (bicyclic) bond motifs is 5. The molecule has 4 aromatic rings. The van der Waals surface area contributed by atoms with Crippen LogP contribution in [0.2, 0.25) is 0 Å². The zero-order chi connectivity index (χ0) is 16.8. The largest absolute Gasteiger partial charge is 0.504 e. The van der Waals surface area contributed by atoms with Gasteiger partial charge in [-0.2, -0.15) is 0 Å². The number of rotatable bonds is 3. The summed E-state index contributed by atoms with van der Waals surface area (Å²) in [4.78, 5) is 12.4. The van der Waals surface area contributed by atoms with E-state index in [0.29, 0.717) is 34.3 Å². The minimum atomic E-state index is -0.595. The molecule has 0 radical (unpaired) electrons. The summed E-state index contributed by atoms with van der Waals surface area (Å²) in [5.74, 6) is -0.121. The molecular weight excluding hydrogens is 312 g/mol.